The van der Waals surface area contributed by atoms with E-state index in [2.05, 4.69) is 45.0 Å². The summed E-state index contributed by atoms with van der Waals surface area (Å²) in [5.41, 5.74) is 0. The molecule has 3 rings (SSSR count). The van der Waals surface area contributed by atoms with Gasteiger partial charge in [-0.05, 0) is 21.8 Å². The zero-order valence-electron chi connectivity index (χ0n) is 16.6. The molecule has 1 amide bonds. The summed E-state index contributed by atoms with van der Waals surface area (Å²) in [6.45, 7) is 6.60. The summed E-state index contributed by atoms with van der Waals surface area (Å²) >= 11 is 0. The number of halogens is 1. The van der Waals surface area contributed by atoms with E-state index in [0.29, 0.717) is 13.0 Å². The van der Waals surface area contributed by atoms with Gasteiger partial charge in [0.15, 0.2) is 0 Å². The SMILES string of the molecule is CC(C)(C)[Si](O[C@H]1CCN(C(=O)O)C[C@H]1F)(c1ccccc1)c1ccccc1. The molecular formula is C22H28FNO3Si. The van der Waals surface area contributed by atoms with E-state index in [1.807, 2.05) is 36.4 Å². The predicted octanol–water partition coefficient (Wildman–Crippen LogP) is 3.65. The highest BCUT2D eigenvalue weighted by molar-refractivity contribution is 6.99. The standard InChI is InChI=1S/C22H28FNO3Si/c1-22(2,3)28(17-10-6-4-7-11-17,18-12-8-5-9-13-18)27-20-14-15-24(21(25)26)16-19(20)23/h4-13,19-20H,14-16H2,1-3H3,(H,25,26)/t19-,20+/m1/s1. The molecule has 0 unspecified atom stereocenters. The van der Waals surface area contributed by atoms with Crippen LogP contribution in [0.3, 0.4) is 0 Å². The van der Waals surface area contributed by atoms with Crippen LogP contribution in [0.4, 0.5) is 9.18 Å². The number of rotatable bonds is 4. The Balaban J connectivity index is 2.06. The third-order valence-corrected chi connectivity index (χ3v) is 10.6. The molecule has 0 radical (unpaired) electrons. The molecule has 0 aromatic heterocycles. The second-order valence-electron chi connectivity index (χ2n) is 8.35. The van der Waals surface area contributed by atoms with Crippen molar-refractivity contribution in [2.24, 2.45) is 0 Å². The molecule has 1 N–H and O–H groups in total. The van der Waals surface area contributed by atoms with Crippen LogP contribution in [0.2, 0.25) is 5.04 Å². The van der Waals surface area contributed by atoms with Crippen LogP contribution < -0.4 is 10.4 Å². The Labute approximate surface area is 167 Å². The molecule has 2 aromatic carbocycles. The molecule has 4 nitrogen and oxygen atoms in total. The van der Waals surface area contributed by atoms with Crippen LogP contribution in [0.15, 0.2) is 60.7 Å². The van der Waals surface area contributed by atoms with Crippen LogP contribution in [-0.2, 0) is 4.43 Å². The molecule has 1 aliphatic rings. The minimum Gasteiger partial charge on any atom is -0.465 e. The smallest absolute Gasteiger partial charge is 0.407 e. The maximum atomic E-state index is 15.0. The molecule has 2 aromatic rings. The molecule has 0 aliphatic carbocycles. The van der Waals surface area contributed by atoms with Crippen molar-refractivity contribution in [3.05, 3.63) is 60.7 Å². The summed E-state index contributed by atoms with van der Waals surface area (Å²) in [6, 6.07) is 20.2. The molecule has 0 bridgehead atoms. The Morgan fingerprint density at radius 1 is 1.07 bits per heavy atom. The van der Waals surface area contributed by atoms with E-state index < -0.39 is 26.7 Å². The normalized spacial score (nSPS) is 20.8. The number of benzene rings is 2. The minimum atomic E-state index is -2.83. The van der Waals surface area contributed by atoms with Gasteiger partial charge in [-0.2, -0.15) is 0 Å². The van der Waals surface area contributed by atoms with Gasteiger partial charge >= 0.3 is 6.09 Å². The fourth-order valence-corrected chi connectivity index (χ4v) is 8.84. The van der Waals surface area contributed by atoms with Gasteiger partial charge in [-0.3, -0.25) is 0 Å². The molecule has 2 atom stereocenters. The molecule has 1 fully saturated rings. The number of hydrogen-bond donors (Lipinski definition) is 1. The molecule has 0 spiro atoms. The Bertz CT molecular complexity index is 755. The summed E-state index contributed by atoms with van der Waals surface area (Å²) in [7, 11) is -2.83. The zero-order chi connectivity index (χ0) is 20.4. The minimum absolute atomic E-state index is 0.141. The Morgan fingerprint density at radius 2 is 1.57 bits per heavy atom. The predicted molar refractivity (Wildman–Crippen MR) is 112 cm³/mol. The molecule has 1 aliphatic heterocycles. The van der Waals surface area contributed by atoms with Gasteiger partial charge in [0, 0.05) is 6.54 Å². The molecule has 150 valence electrons. The lowest BCUT2D eigenvalue weighted by Gasteiger charge is -2.47. The van der Waals surface area contributed by atoms with Crippen LogP contribution in [0.1, 0.15) is 27.2 Å². The van der Waals surface area contributed by atoms with E-state index in [-0.39, 0.29) is 11.6 Å². The first-order chi connectivity index (χ1) is 13.3. The van der Waals surface area contributed by atoms with Crippen LogP contribution >= 0.6 is 0 Å². The first kappa shape index (κ1) is 20.5. The fourth-order valence-electron chi connectivity index (χ4n) is 4.11. The van der Waals surface area contributed by atoms with Gasteiger partial charge < -0.3 is 14.4 Å². The summed E-state index contributed by atoms with van der Waals surface area (Å²) < 4.78 is 21.8. The van der Waals surface area contributed by atoms with Gasteiger partial charge in [0.25, 0.3) is 8.32 Å². The van der Waals surface area contributed by atoms with Gasteiger partial charge in [0.1, 0.15) is 6.17 Å². The van der Waals surface area contributed by atoms with Gasteiger partial charge in [-0.1, -0.05) is 81.4 Å². The van der Waals surface area contributed by atoms with Gasteiger partial charge in [0.2, 0.25) is 0 Å². The Morgan fingerprint density at radius 3 is 1.96 bits per heavy atom. The number of piperidine rings is 1. The van der Waals surface area contributed by atoms with Crippen molar-refractivity contribution in [1.29, 1.82) is 0 Å². The van der Waals surface area contributed by atoms with E-state index in [4.69, 9.17) is 4.43 Å². The lowest BCUT2D eigenvalue weighted by Crippen LogP contribution is -2.69. The molecule has 28 heavy (non-hydrogen) atoms. The molecule has 1 heterocycles. The van der Waals surface area contributed by atoms with Crippen molar-refractivity contribution in [3.63, 3.8) is 0 Å². The number of carbonyl (C=O) groups is 1. The van der Waals surface area contributed by atoms with Crippen molar-refractivity contribution in [3.8, 4) is 0 Å². The number of alkyl halides is 1. The number of carboxylic acid groups (broad SMARTS) is 1. The summed E-state index contributed by atoms with van der Waals surface area (Å²) in [5, 5.41) is 11.1. The maximum absolute atomic E-state index is 15.0. The molecular weight excluding hydrogens is 373 g/mol. The average Bonchev–Trinajstić information content (AvgIpc) is 2.67. The van der Waals surface area contributed by atoms with Crippen molar-refractivity contribution >= 4 is 24.8 Å². The summed E-state index contributed by atoms with van der Waals surface area (Å²) in [6.07, 6.45) is -2.68. The monoisotopic (exact) mass is 401 g/mol. The second-order valence-corrected chi connectivity index (χ2v) is 12.6. The summed E-state index contributed by atoms with van der Waals surface area (Å²) in [5.74, 6) is 0. The molecule has 1 saturated heterocycles. The van der Waals surface area contributed by atoms with Crippen molar-refractivity contribution < 1.29 is 18.7 Å². The fraction of sp³-hybridized carbons (Fsp3) is 0.409. The Hall–Kier alpha value is -2.18. The number of hydrogen-bond acceptors (Lipinski definition) is 2. The second kappa shape index (κ2) is 8.05. The van der Waals surface area contributed by atoms with Crippen LogP contribution in [0.5, 0.6) is 0 Å². The first-order valence-corrected chi connectivity index (χ1v) is 11.6. The molecule has 6 heteroatoms. The van der Waals surface area contributed by atoms with Gasteiger partial charge in [0.05, 0.1) is 12.6 Å². The third-order valence-electron chi connectivity index (χ3n) is 5.50. The highest BCUT2D eigenvalue weighted by atomic mass is 28.4. The Kier molecular flexibility index (Phi) is 5.91. The van der Waals surface area contributed by atoms with E-state index in [1.165, 1.54) is 0 Å². The lowest BCUT2D eigenvalue weighted by atomic mass is 10.1. The largest absolute Gasteiger partial charge is 0.465 e. The number of likely N-dealkylation sites (tertiary alicyclic amines) is 1. The van der Waals surface area contributed by atoms with Gasteiger partial charge in [-0.15, -0.1) is 0 Å². The lowest BCUT2D eigenvalue weighted by molar-refractivity contribution is 0.0196. The van der Waals surface area contributed by atoms with Crippen LogP contribution in [-0.4, -0.2) is 49.8 Å². The number of amides is 1. The van der Waals surface area contributed by atoms with Crippen molar-refractivity contribution in [1.82, 2.24) is 4.90 Å². The van der Waals surface area contributed by atoms with Crippen LogP contribution in [0.25, 0.3) is 0 Å². The van der Waals surface area contributed by atoms with Crippen molar-refractivity contribution in [2.75, 3.05) is 13.1 Å². The average molecular weight is 402 g/mol. The topological polar surface area (TPSA) is 49.8 Å². The summed E-state index contributed by atoms with van der Waals surface area (Å²) in [4.78, 5) is 12.4. The molecule has 0 saturated carbocycles. The maximum Gasteiger partial charge on any atom is 0.407 e. The quantitative estimate of drug-likeness (QED) is 0.796. The highest BCUT2D eigenvalue weighted by Gasteiger charge is 2.52. The third kappa shape index (κ3) is 3.84. The number of nitrogens with zero attached hydrogens (tertiary/aromatic N) is 1. The van der Waals surface area contributed by atoms with Crippen molar-refractivity contribution in [2.45, 2.75) is 44.5 Å². The van der Waals surface area contributed by atoms with E-state index in [1.54, 1.807) is 0 Å². The van der Waals surface area contributed by atoms with Crippen LogP contribution in [0, 0.1) is 0 Å². The van der Waals surface area contributed by atoms with E-state index in [0.717, 1.165) is 15.3 Å². The van der Waals surface area contributed by atoms with E-state index in [9.17, 15) is 9.90 Å². The van der Waals surface area contributed by atoms with E-state index >= 15 is 4.39 Å². The van der Waals surface area contributed by atoms with Gasteiger partial charge in [-0.25, -0.2) is 9.18 Å². The zero-order valence-corrected chi connectivity index (χ0v) is 17.6. The first-order valence-electron chi connectivity index (χ1n) is 9.66. The highest BCUT2D eigenvalue weighted by Crippen LogP contribution is 2.38.